The van der Waals surface area contributed by atoms with Crippen LogP contribution in [0, 0.1) is 11.8 Å². The van der Waals surface area contributed by atoms with Crippen molar-refractivity contribution in [3.63, 3.8) is 0 Å². The minimum absolute atomic E-state index is 0.303. The summed E-state index contributed by atoms with van der Waals surface area (Å²) in [6.45, 7) is 2.78. The Kier molecular flexibility index (Phi) is 4.50. The van der Waals surface area contributed by atoms with Crippen LogP contribution >= 0.6 is 0 Å². The fourth-order valence-corrected chi connectivity index (χ4v) is 5.00. The topological polar surface area (TPSA) is 97.1 Å². The number of nitrogens with two attached hydrogens (primary N) is 1. The van der Waals surface area contributed by atoms with Gasteiger partial charge < -0.3 is 15.5 Å². The first-order valence-electron chi connectivity index (χ1n) is 9.14. The van der Waals surface area contributed by atoms with Crippen molar-refractivity contribution in [3.8, 4) is 0 Å². The summed E-state index contributed by atoms with van der Waals surface area (Å²) in [4.78, 5) is 25.5. The van der Waals surface area contributed by atoms with Crippen molar-refractivity contribution in [1.82, 2.24) is 19.9 Å². The normalized spacial score (nSPS) is 28.8. The summed E-state index contributed by atoms with van der Waals surface area (Å²) in [6.07, 6.45) is 8.71. The number of carbonyl (C=O) groups excluding carboxylic acids is 1. The Balaban J connectivity index is 1.66. The summed E-state index contributed by atoms with van der Waals surface area (Å²) < 4.78 is 6.22. The van der Waals surface area contributed by atoms with Gasteiger partial charge >= 0.3 is 0 Å². The van der Waals surface area contributed by atoms with Crippen molar-refractivity contribution < 1.29 is 9.53 Å². The van der Waals surface area contributed by atoms with Gasteiger partial charge in [0.1, 0.15) is 11.3 Å². The number of methoxy groups -OCH3 is 1. The molecule has 1 aliphatic carbocycles. The van der Waals surface area contributed by atoms with E-state index in [1.165, 1.54) is 6.42 Å². The van der Waals surface area contributed by atoms with Gasteiger partial charge in [0.25, 0.3) is 5.91 Å². The lowest BCUT2D eigenvalue weighted by molar-refractivity contribution is -0.170. The third-order valence-corrected chi connectivity index (χ3v) is 6.03. The fourth-order valence-electron chi connectivity index (χ4n) is 5.00. The van der Waals surface area contributed by atoms with Crippen LogP contribution in [0.15, 0.2) is 30.9 Å². The third-order valence-electron chi connectivity index (χ3n) is 6.03. The van der Waals surface area contributed by atoms with Crippen molar-refractivity contribution >= 4 is 5.91 Å². The van der Waals surface area contributed by atoms with Gasteiger partial charge in [-0.3, -0.25) is 14.7 Å². The molecule has 3 atom stereocenters. The van der Waals surface area contributed by atoms with Crippen LogP contribution in [-0.2, 0) is 16.9 Å². The lowest BCUT2D eigenvalue weighted by atomic mass is 9.62. The Bertz CT molecular complexity index is 762. The molecule has 1 saturated carbocycles. The molecule has 4 rings (SSSR count). The molecule has 26 heavy (non-hydrogen) atoms. The molecule has 1 aliphatic heterocycles. The van der Waals surface area contributed by atoms with Crippen LogP contribution in [0.5, 0.6) is 0 Å². The van der Waals surface area contributed by atoms with E-state index >= 15 is 0 Å². The second-order valence-electron chi connectivity index (χ2n) is 7.39. The Labute approximate surface area is 153 Å². The van der Waals surface area contributed by atoms with Crippen LogP contribution in [-0.4, -0.2) is 46.0 Å². The average molecular weight is 355 g/mol. The zero-order valence-corrected chi connectivity index (χ0v) is 15.0. The lowest BCUT2D eigenvalue weighted by Gasteiger charge is -2.55. The minimum Gasteiger partial charge on any atom is -0.373 e. The van der Waals surface area contributed by atoms with Crippen LogP contribution in [0.2, 0.25) is 0 Å². The van der Waals surface area contributed by atoms with E-state index in [1.807, 2.05) is 18.3 Å². The number of primary amides is 1. The number of fused-ring (bicyclic) bond motifs is 2. The number of likely N-dealkylation sites (tertiary alicyclic amines) is 1. The smallest absolute Gasteiger partial charge is 0.267 e. The Morgan fingerprint density at radius 1 is 1.42 bits per heavy atom. The predicted octanol–water partition coefficient (Wildman–Crippen LogP) is 1.68. The highest BCUT2D eigenvalue weighted by Crippen LogP contribution is 2.51. The number of aromatic nitrogens is 3. The number of aromatic amines is 1. The molecule has 1 saturated heterocycles. The number of pyridine rings is 1. The molecule has 7 heteroatoms. The summed E-state index contributed by atoms with van der Waals surface area (Å²) in [5.74, 6) is 0.233. The fraction of sp³-hybridized carbons (Fsp3) is 0.526. The Morgan fingerprint density at radius 2 is 2.19 bits per heavy atom. The van der Waals surface area contributed by atoms with E-state index < -0.39 is 5.91 Å². The predicted molar refractivity (Wildman–Crippen MR) is 96.1 cm³/mol. The quantitative estimate of drug-likeness (QED) is 0.850. The summed E-state index contributed by atoms with van der Waals surface area (Å²) in [7, 11) is 1.79. The van der Waals surface area contributed by atoms with E-state index in [9.17, 15) is 4.79 Å². The zero-order valence-electron chi connectivity index (χ0n) is 15.0. The number of hydrogen-bond acceptors (Lipinski definition) is 5. The molecule has 1 amide bonds. The minimum atomic E-state index is -0.500. The van der Waals surface area contributed by atoms with Gasteiger partial charge in [-0.15, -0.1) is 0 Å². The molecule has 0 radical (unpaired) electrons. The standard InChI is InChI=1S/C19H25N5O2/c1-26-19(13-5-6-22-17(7-13)18(20)25)14-3-2-4-15(19)10-24(9-14)11-16-8-21-12-23-16/h5-8,12,14-15H,2-4,9-11H2,1H3,(H2,20,25)(H,21,23)/t14-,15+,19+. The van der Waals surface area contributed by atoms with Gasteiger partial charge in [0.15, 0.2) is 0 Å². The Hall–Kier alpha value is -2.25. The number of nitrogens with zero attached hydrogens (tertiary/aromatic N) is 3. The maximum Gasteiger partial charge on any atom is 0.267 e. The number of rotatable bonds is 5. The molecule has 2 aliphatic rings. The second-order valence-corrected chi connectivity index (χ2v) is 7.39. The molecule has 2 aromatic heterocycles. The van der Waals surface area contributed by atoms with Crippen LogP contribution < -0.4 is 5.73 Å². The Morgan fingerprint density at radius 3 is 2.81 bits per heavy atom. The first kappa shape index (κ1) is 17.2. The molecule has 138 valence electrons. The number of H-pyrrole nitrogens is 1. The first-order chi connectivity index (χ1) is 12.6. The van der Waals surface area contributed by atoms with Crippen LogP contribution in [0.3, 0.4) is 0 Å². The third kappa shape index (κ3) is 2.81. The van der Waals surface area contributed by atoms with E-state index in [2.05, 4.69) is 19.9 Å². The van der Waals surface area contributed by atoms with Gasteiger partial charge in [0, 0.05) is 56.7 Å². The molecule has 0 aromatic carbocycles. The van der Waals surface area contributed by atoms with E-state index in [0.717, 1.165) is 43.7 Å². The summed E-state index contributed by atoms with van der Waals surface area (Å²) in [6, 6.07) is 3.80. The van der Waals surface area contributed by atoms with Gasteiger partial charge in [-0.05, 0) is 30.5 Å². The summed E-state index contributed by atoms with van der Waals surface area (Å²) >= 11 is 0. The van der Waals surface area contributed by atoms with E-state index in [4.69, 9.17) is 10.5 Å². The molecule has 2 aromatic rings. The maximum absolute atomic E-state index is 11.6. The lowest BCUT2D eigenvalue weighted by Crippen LogP contribution is -2.58. The number of imidazole rings is 1. The highest BCUT2D eigenvalue weighted by molar-refractivity contribution is 5.90. The highest BCUT2D eigenvalue weighted by Gasteiger charge is 2.53. The molecule has 2 fully saturated rings. The molecular weight excluding hydrogens is 330 g/mol. The number of amides is 1. The zero-order chi connectivity index (χ0) is 18.1. The van der Waals surface area contributed by atoms with Crippen LogP contribution in [0.4, 0.5) is 0 Å². The van der Waals surface area contributed by atoms with Crippen molar-refractivity contribution in [2.45, 2.75) is 31.4 Å². The van der Waals surface area contributed by atoms with Crippen molar-refractivity contribution in [3.05, 3.63) is 47.8 Å². The van der Waals surface area contributed by atoms with E-state index in [1.54, 1.807) is 19.6 Å². The number of nitrogens with one attached hydrogen (secondary N) is 1. The molecule has 3 N–H and O–H groups in total. The molecule has 3 heterocycles. The molecule has 0 unspecified atom stereocenters. The maximum atomic E-state index is 11.6. The van der Waals surface area contributed by atoms with Gasteiger partial charge in [-0.2, -0.15) is 0 Å². The van der Waals surface area contributed by atoms with Gasteiger partial charge in [-0.25, -0.2) is 4.98 Å². The summed E-state index contributed by atoms with van der Waals surface area (Å²) in [5.41, 5.74) is 7.53. The van der Waals surface area contributed by atoms with Crippen molar-refractivity contribution in [2.75, 3.05) is 20.2 Å². The number of piperidine rings is 1. The molecular formula is C19H25N5O2. The second kappa shape index (κ2) is 6.81. The van der Waals surface area contributed by atoms with Crippen molar-refractivity contribution in [2.24, 2.45) is 17.6 Å². The molecule has 0 spiro atoms. The van der Waals surface area contributed by atoms with Gasteiger partial charge in [-0.1, -0.05) is 6.42 Å². The number of ether oxygens (including phenoxy) is 1. The molecule has 2 bridgehead atoms. The van der Waals surface area contributed by atoms with Crippen molar-refractivity contribution in [1.29, 1.82) is 0 Å². The highest BCUT2D eigenvalue weighted by atomic mass is 16.5. The van der Waals surface area contributed by atoms with E-state index in [0.29, 0.717) is 17.5 Å². The van der Waals surface area contributed by atoms with Gasteiger partial charge in [0.05, 0.1) is 6.33 Å². The first-order valence-corrected chi connectivity index (χ1v) is 9.14. The summed E-state index contributed by atoms with van der Waals surface area (Å²) in [5, 5.41) is 0. The molecule has 7 nitrogen and oxygen atoms in total. The van der Waals surface area contributed by atoms with E-state index in [-0.39, 0.29) is 5.60 Å². The largest absolute Gasteiger partial charge is 0.373 e. The number of hydrogen-bond donors (Lipinski definition) is 2. The van der Waals surface area contributed by atoms with Gasteiger partial charge in [0.2, 0.25) is 0 Å². The average Bonchev–Trinajstić information content (AvgIpc) is 3.14. The number of carbonyl (C=O) groups is 1. The monoisotopic (exact) mass is 355 g/mol. The van der Waals surface area contributed by atoms with Crippen LogP contribution in [0.1, 0.15) is 41.0 Å². The SMILES string of the molecule is CO[C@@]1(c2ccnc(C(N)=O)c2)[C@@H]2CCC[C@H]1CN(Cc1cnc[nH]1)C2. The van der Waals surface area contributed by atoms with Crippen LogP contribution in [0.25, 0.3) is 0 Å².